The van der Waals surface area contributed by atoms with Crippen LogP contribution >= 0.6 is 0 Å². The fourth-order valence-corrected chi connectivity index (χ4v) is 3.46. The summed E-state index contributed by atoms with van der Waals surface area (Å²) in [4.78, 5) is 45.4. The summed E-state index contributed by atoms with van der Waals surface area (Å²) in [5.74, 6) is -0.837. The van der Waals surface area contributed by atoms with Gasteiger partial charge in [-0.1, -0.05) is 0 Å². The van der Waals surface area contributed by atoms with Crippen molar-refractivity contribution < 1.29 is 14.3 Å². The highest BCUT2D eigenvalue weighted by Crippen LogP contribution is 2.20. The van der Waals surface area contributed by atoms with Crippen LogP contribution in [0.3, 0.4) is 0 Å². The van der Waals surface area contributed by atoms with Gasteiger partial charge in [0.1, 0.15) is 5.56 Å². The minimum Gasteiger partial charge on any atom is -0.378 e. The van der Waals surface area contributed by atoms with Gasteiger partial charge in [0.05, 0.1) is 25.2 Å². The van der Waals surface area contributed by atoms with Gasteiger partial charge in [0.2, 0.25) is 5.91 Å². The summed E-state index contributed by atoms with van der Waals surface area (Å²) < 4.78 is 6.80. The maximum Gasteiger partial charge on any atom is 0.285 e. The fourth-order valence-electron chi connectivity index (χ4n) is 3.46. The molecule has 0 saturated carbocycles. The summed E-state index contributed by atoms with van der Waals surface area (Å²) in [6, 6.07) is 1.52. The van der Waals surface area contributed by atoms with Crippen LogP contribution in [0.25, 0.3) is 5.65 Å². The molecule has 2 atom stereocenters. The molecule has 132 valence electrons. The Bertz CT molecular complexity index is 917. The molecule has 2 fully saturated rings. The molecule has 2 aromatic rings. The average Bonchev–Trinajstić information content (AvgIpc) is 2.84. The van der Waals surface area contributed by atoms with Crippen LogP contribution in [0.1, 0.15) is 16.1 Å². The minimum absolute atomic E-state index is 0.00431. The number of carbonyl (C=O) groups is 2. The Hall–Kier alpha value is -2.68. The van der Waals surface area contributed by atoms with E-state index in [1.165, 1.54) is 10.7 Å². The van der Waals surface area contributed by atoms with Gasteiger partial charge in [-0.25, -0.2) is 9.50 Å². The minimum atomic E-state index is -0.437. The molecular formula is C16H19N5O4. The Morgan fingerprint density at radius 3 is 2.92 bits per heavy atom. The van der Waals surface area contributed by atoms with Gasteiger partial charge < -0.3 is 14.5 Å². The number of rotatable bonds is 1. The van der Waals surface area contributed by atoms with Crippen LogP contribution in [-0.2, 0) is 9.53 Å². The van der Waals surface area contributed by atoms with Crippen molar-refractivity contribution in [2.75, 3.05) is 33.4 Å². The largest absolute Gasteiger partial charge is 0.378 e. The molecule has 0 unspecified atom stereocenters. The lowest BCUT2D eigenvalue weighted by atomic mass is 10.1. The number of hydrogen-bond donors (Lipinski definition) is 1. The van der Waals surface area contributed by atoms with Crippen molar-refractivity contribution in [1.29, 1.82) is 0 Å². The summed E-state index contributed by atoms with van der Waals surface area (Å²) in [5, 5.41) is 2.88. The van der Waals surface area contributed by atoms with Crippen LogP contribution < -0.4 is 5.56 Å². The van der Waals surface area contributed by atoms with Crippen LogP contribution in [0.5, 0.6) is 0 Å². The lowest BCUT2D eigenvalue weighted by Crippen LogP contribution is -2.46. The second-order valence-corrected chi connectivity index (χ2v) is 6.66. The van der Waals surface area contributed by atoms with E-state index in [0.29, 0.717) is 18.8 Å². The second-order valence-electron chi connectivity index (χ2n) is 6.66. The molecule has 2 saturated heterocycles. The lowest BCUT2D eigenvalue weighted by molar-refractivity contribution is -0.133. The van der Waals surface area contributed by atoms with E-state index in [1.54, 1.807) is 22.9 Å². The second kappa shape index (κ2) is 5.69. The molecule has 2 amide bonds. The first-order valence-electron chi connectivity index (χ1n) is 8.17. The zero-order chi connectivity index (χ0) is 17.7. The highest BCUT2D eigenvalue weighted by Gasteiger charge is 2.39. The van der Waals surface area contributed by atoms with E-state index in [1.807, 2.05) is 6.92 Å². The van der Waals surface area contributed by atoms with Gasteiger partial charge in [0, 0.05) is 38.1 Å². The van der Waals surface area contributed by atoms with Gasteiger partial charge in [-0.05, 0) is 6.92 Å². The maximum atomic E-state index is 13.0. The van der Waals surface area contributed by atoms with Gasteiger partial charge in [-0.3, -0.25) is 19.5 Å². The molecular weight excluding hydrogens is 326 g/mol. The van der Waals surface area contributed by atoms with Gasteiger partial charge in [0.25, 0.3) is 11.5 Å². The summed E-state index contributed by atoms with van der Waals surface area (Å²) in [6.45, 7) is 3.06. The smallest absolute Gasteiger partial charge is 0.285 e. The Labute approximate surface area is 143 Å². The van der Waals surface area contributed by atoms with Crippen molar-refractivity contribution in [3.63, 3.8) is 0 Å². The van der Waals surface area contributed by atoms with E-state index in [2.05, 4.69) is 10.1 Å². The lowest BCUT2D eigenvalue weighted by Gasteiger charge is -2.29. The highest BCUT2D eigenvalue weighted by molar-refractivity contribution is 5.94. The summed E-state index contributed by atoms with van der Waals surface area (Å²) in [6.07, 6.45) is 1.32. The molecule has 1 N–H and O–H groups in total. The van der Waals surface area contributed by atoms with Crippen molar-refractivity contribution >= 4 is 17.5 Å². The number of fused-ring (bicyclic) bond motifs is 4. The molecule has 0 radical (unpaired) electrons. The number of nitrogens with zero attached hydrogens (tertiary/aromatic N) is 4. The van der Waals surface area contributed by atoms with Crippen molar-refractivity contribution in [3.05, 3.63) is 33.9 Å². The maximum absolute atomic E-state index is 13.0. The van der Waals surface area contributed by atoms with Gasteiger partial charge in [-0.2, -0.15) is 0 Å². The Morgan fingerprint density at radius 2 is 2.12 bits per heavy atom. The van der Waals surface area contributed by atoms with E-state index >= 15 is 0 Å². The molecule has 0 aromatic carbocycles. The third kappa shape index (κ3) is 2.51. The molecule has 4 rings (SSSR count). The third-order valence-corrected chi connectivity index (χ3v) is 4.89. The van der Waals surface area contributed by atoms with Crippen LogP contribution in [0.2, 0.25) is 0 Å². The first-order chi connectivity index (χ1) is 12.0. The predicted octanol–water partition coefficient (Wildman–Crippen LogP) is -0.740. The number of ether oxygens (including phenoxy) is 1. The van der Waals surface area contributed by atoms with Crippen molar-refractivity contribution in [2.45, 2.75) is 13.0 Å². The van der Waals surface area contributed by atoms with Crippen molar-refractivity contribution in [2.24, 2.45) is 5.92 Å². The molecule has 2 aromatic heterocycles. The summed E-state index contributed by atoms with van der Waals surface area (Å²) in [7, 11) is 1.73. The van der Waals surface area contributed by atoms with Gasteiger partial charge in [0.15, 0.2) is 5.65 Å². The molecule has 2 aliphatic heterocycles. The van der Waals surface area contributed by atoms with Gasteiger partial charge >= 0.3 is 0 Å². The summed E-state index contributed by atoms with van der Waals surface area (Å²) in [5.41, 5.74) is 0.807. The first-order valence-corrected chi connectivity index (χ1v) is 8.17. The third-order valence-electron chi connectivity index (χ3n) is 4.89. The SMILES string of the molecule is Cc1cc2ncc(C(=O)N3C[C@@H]4COC[C@H](C3)N(C)C4=O)c(=O)n2[nH]1. The average molecular weight is 345 g/mol. The summed E-state index contributed by atoms with van der Waals surface area (Å²) >= 11 is 0. The predicted molar refractivity (Wildman–Crippen MR) is 87.3 cm³/mol. The highest BCUT2D eigenvalue weighted by atomic mass is 16.5. The standard InChI is InChI=1S/C16H19N5O4/c1-9-3-13-17-4-12(16(24)21(13)18-9)15(23)20-5-10-7-25-8-11(6-20)19(2)14(10)22/h3-4,10-11,18H,5-8H2,1-2H3/t10-,11+/m1/s1. The van der Waals surface area contributed by atoms with Crippen LogP contribution in [0.4, 0.5) is 0 Å². The van der Waals surface area contributed by atoms with Crippen LogP contribution in [0.15, 0.2) is 17.1 Å². The molecule has 0 aliphatic carbocycles. The van der Waals surface area contributed by atoms with Crippen molar-refractivity contribution in [3.8, 4) is 0 Å². The van der Waals surface area contributed by atoms with Gasteiger partial charge in [-0.15, -0.1) is 0 Å². The molecule has 0 spiro atoms. The van der Waals surface area contributed by atoms with E-state index in [0.717, 1.165) is 5.69 Å². The molecule has 2 aliphatic rings. The number of amides is 2. The number of H-pyrrole nitrogens is 1. The number of nitrogens with one attached hydrogen (secondary N) is 1. The number of aromatic amines is 1. The number of carbonyl (C=O) groups excluding carboxylic acids is 2. The number of likely N-dealkylation sites (N-methyl/N-ethyl adjacent to an activating group) is 1. The first kappa shape index (κ1) is 15.8. The molecule has 25 heavy (non-hydrogen) atoms. The molecule has 2 bridgehead atoms. The van der Waals surface area contributed by atoms with Crippen molar-refractivity contribution in [1.82, 2.24) is 24.4 Å². The molecule has 9 heteroatoms. The quantitative estimate of drug-likeness (QED) is 0.734. The zero-order valence-corrected chi connectivity index (χ0v) is 14.1. The monoisotopic (exact) mass is 345 g/mol. The number of aryl methyl sites for hydroxylation is 1. The zero-order valence-electron chi connectivity index (χ0n) is 14.1. The number of aromatic nitrogens is 3. The van der Waals surface area contributed by atoms with E-state index < -0.39 is 17.4 Å². The van der Waals surface area contributed by atoms with E-state index in [4.69, 9.17) is 4.74 Å². The number of hydrogen-bond acceptors (Lipinski definition) is 5. The normalized spacial score (nSPS) is 23.8. The van der Waals surface area contributed by atoms with E-state index in [9.17, 15) is 14.4 Å². The Kier molecular flexibility index (Phi) is 3.60. The fraction of sp³-hybridized carbons (Fsp3) is 0.500. The van der Waals surface area contributed by atoms with Crippen LogP contribution in [0, 0.1) is 12.8 Å². The Morgan fingerprint density at radius 1 is 1.32 bits per heavy atom. The molecule has 9 nitrogen and oxygen atoms in total. The Balaban J connectivity index is 1.70. The molecule has 4 heterocycles. The van der Waals surface area contributed by atoms with E-state index in [-0.39, 0.29) is 30.7 Å². The topological polar surface area (TPSA) is 100 Å². The van der Waals surface area contributed by atoms with Crippen LogP contribution in [-0.4, -0.2) is 75.6 Å².